The average Bonchev–Trinajstić information content (AvgIpc) is 2.59. The zero-order valence-corrected chi connectivity index (χ0v) is 12.8. The van der Waals surface area contributed by atoms with Gasteiger partial charge in [0, 0.05) is 5.39 Å². The lowest BCUT2D eigenvalue weighted by molar-refractivity contribution is -0.140. The molecule has 3 rings (SSSR count). The Kier molecular flexibility index (Phi) is 4.29. The normalized spacial score (nSPS) is 11.5. The smallest absolute Gasteiger partial charge is 0.433 e. The van der Waals surface area contributed by atoms with Gasteiger partial charge in [-0.2, -0.15) is 13.2 Å². The maximum absolute atomic E-state index is 12.9. The van der Waals surface area contributed by atoms with Crippen LogP contribution in [0.4, 0.5) is 13.2 Å². The summed E-state index contributed by atoms with van der Waals surface area (Å²) in [6, 6.07) is 14.9. The molecule has 0 aliphatic carbocycles. The summed E-state index contributed by atoms with van der Waals surface area (Å²) in [6.07, 6.45) is -4.50. The van der Waals surface area contributed by atoms with Gasteiger partial charge in [-0.25, -0.2) is 4.98 Å². The first-order valence-corrected chi connectivity index (χ1v) is 7.20. The molecular formula is C18H14F3NO2. The van der Waals surface area contributed by atoms with E-state index in [2.05, 4.69) is 4.98 Å². The van der Waals surface area contributed by atoms with Crippen molar-refractivity contribution in [3.8, 4) is 11.5 Å². The number of benzene rings is 2. The Balaban J connectivity index is 2.00. The number of halogens is 3. The number of pyridine rings is 1. The summed E-state index contributed by atoms with van der Waals surface area (Å²) in [5.74, 6) is 0.973. The predicted molar refractivity (Wildman–Crippen MR) is 84.1 cm³/mol. The highest BCUT2D eigenvalue weighted by Gasteiger charge is 2.32. The van der Waals surface area contributed by atoms with Crippen LogP contribution in [0, 0.1) is 0 Å². The summed E-state index contributed by atoms with van der Waals surface area (Å²) in [5, 5.41) is 0.568. The zero-order chi connectivity index (χ0) is 17.2. The molecule has 0 aliphatic rings. The van der Waals surface area contributed by atoms with Gasteiger partial charge in [-0.05, 0) is 29.8 Å². The molecule has 0 saturated carbocycles. The lowest BCUT2D eigenvalue weighted by atomic mass is 10.1. The van der Waals surface area contributed by atoms with Crippen LogP contribution in [0.15, 0.2) is 54.6 Å². The predicted octanol–water partition coefficient (Wildman–Crippen LogP) is 4.84. The Morgan fingerprint density at radius 2 is 1.71 bits per heavy atom. The first-order valence-electron chi connectivity index (χ1n) is 7.20. The molecule has 0 fully saturated rings. The largest absolute Gasteiger partial charge is 0.494 e. The summed E-state index contributed by atoms with van der Waals surface area (Å²) in [5.41, 5.74) is -0.0493. The Morgan fingerprint density at radius 3 is 2.38 bits per heavy atom. The molecule has 0 atom stereocenters. The van der Waals surface area contributed by atoms with E-state index in [1.807, 2.05) is 30.3 Å². The minimum Gasteiger partial charge on any atom is -0.494 e. The fourth-order valence-corrected chi connectivity index (χ4v) is 2.38. The second kappa shape index (κ2) is 6.39. The molecule has 0 N–H and O–H groups in total. The van der Waals surface area contributed by atoms with E-state index in [4.69, 9.17) is 9.47 Å². The lowest BCUT2D eigenvalue weighted by Crippen LogP contribution is -2.08. The number of para-hydroxylation sites is 1. The average molecular weight is 333 g/mol. The van der Waals surface area contributed by atoms with Crippen molar-refractivity contribution in [3.05, 3.63) is 65.9 Å². The number of hydrogen-bond acceptors (Lipinski definition) is 3. The van der Waals surface area contributed by atoms with Crippen molar-refractivity contribution in [2.45, 2.75) is 12.8 Å². The standard InChI is InChI=1S/C18H14F3NO2/c1-23-15-9-7-12(11-24-13-5-3-2-4-6-13)14-8-10-16(18(19,20)21)22-17(14)15/h2-10H,11H2,1H3. The number of rotatable bonds is 4. The number of methoxy groups -OCH3 is 1. The van der Waals surface area contributed by atoms with Gasteiger partial charge >= 0.3 is 6.18 Å². The third-order valence-electron chi connectivity index (χ3n) is 3.56. The Morgan fingerprint density at radius 1 is 0.958 bits per heavy atom. The van der Waals surface area contributed by atoms with Crippen molar-refractivity contribution in [1.29, 1.82) is 0 Å². The molecule has 2 aromatic carbocycles. The van der Waals surface area contributed by atoms with Gasteiger partial charge in [0.1, 0.15) is 29.3 Å². The molecule has 1 heterocycles. The van der Waals surface area contributed by atoms with Gasteiger partial charge in [-0.15, -0.1) is 0 Å². The van der Waals surface area contributed by atoms with Crippen LogP contribution in [0.25, 0.3) is 10.9 Å². The number of ether oxygens (including phenoxy) is 2. The van der Waals surface area contributed by atoms with Crippen LogP contribution in [0.1, 0.15) is 11.3 Å². The topological polar surface area (TPSA) is 31.4 Å². The molecule has 3 nitrogen and oxygen atoms in total. The fourth-order valence-electron chi connectivity index (χ4n) is 2.38. The number of hydrogen-bond donors (Lipinski definition) is 0. The van der Waals surface area contributed by atoms with Crippen LogP contribution in [-0.2, 0) is 12.8 Å². The Hall–Kier alpha value is -2.76. The minimum absolute atomic E-state index is 0.168. The monoisotopic (exact) mass is 333 g/mol. The van der Waals surface area contributed by atoms with E-state index in [1.165, 1.54) is 13.2 Å². The molecule has 0 saturated heterocycles. The summed E-state index contributed by atoms with van der Waals surface area (Å²) in [7, 11) is 1.40. The minimum atomic E-state index is -4.50. The third-order valence-corrected chi connectivity index (χ3v) is 3.56. The van der Waals surface area contributed by atoms with E-state index in [0.29, 0.717) is 16.9 Å². The van der Waals surface area contributed by atoms with Gasteiger partial charge in [-0.3, -0.25) is 0 Å². The van der Waals surface area contributed by atoms with Crippen molar-refractivity contribution < 1.29 is 22.6 Å². The highest BCUT2D eigenvalue weighted by Crippen LogP contribution is 2.33. The van der Waals surface area contributed by atoms with Crippen LogP contribution in [-0.4, -0.2) is 12.1 Å². The number of alkyl halides is 3. The van der Waals surface area contributed by atoms with E-state index in [9.17, 15) is 13.2 Å². The summed E-state index contributed by atoms with van der Waals surface area (Å²) < 4.78 is 49.5. The second-order valence-corrected chi connectivity index (χ2v) is 5.12. The van der Waals surface area contributed by atoms with Gasteiger partial charge in [0.15, 0.2) is 0 Å². The summed E-state index contributed by atoms with van der Waals surface area (Å²) in [6.45, 7) is 0.220. The zero-order valence-electron chi connectivity index (χ0n) is 12.8. The van der Waals surface area contributed by atoms with Crippen molar-refractivity contribution in [2.75, 3.05) is 7.11 Å². The van der Waals surface area contributed by atoms with Gasteiger partial charge in [-0.1, -0.05) is 30.3 Å². The van der Waals surface area contributed by atoms with Gasteiger partial charge in [0.05, 0.1) is 7.11 Å². The van der Waals surface area contributed by atoms with Crippen molar-refractivity contribution in [1.82, 2.24) is 4.98 Å². The van der Waals surface area contributed by atoms with Gasteiger partial charge in [0.2, 0.25) is 0 Å². The molecule has 0 aliphatic heterocycles. The number of nitrogens with zero attached hydrogens (tertiary/aromatic N) is 1. The van der Waals surface area contributed by atoms with E-state index in [1.54, 1.807) is 12.1 Å². The first-order chi connectivity index (χ1) is 11.5. The summed E-state index contributed by atoms with van der Waals surface area (Å²) in [4.78, 5) is 3.73. The molecule has 0 spiro atoms. The molecule has 0 radical (unpaired) electrons. The van der Waals surface area contributed by atoms with E-state index >= 15 is 0 Å². The van der Waals surface area contributed by atoms with Crippen LogP contribution < -0.4 is 9.47 Å². The van der Waals surface area contributed by atoms with Crippen LogP contribution in [0.5, 0.6) is 11.5 Å². The molecule has 24 heavy (non-hydrogen) atoms. The first kappa shape index (κ1) is 16.1. The number of fused-ring (bicyclic) bond motifs is 1. The highest BCUT2D eigenvalue weighted by molar-refractivity contribution is 5.87. The SMILES string of the molecule is COc1ccc(COc2ccccc2)c2ccc(C(F)(F)F)nc12. The Labute approximate surface area is 136 Å². The van der Waals surface area contributed by atoms with E-state index < -0.39 is 11.9 Å². The molecule has 0 amide bonds. The molecule has 0 unspecified atom stereocenters. The van der Waals surface area contributed by atoms with Crippen LogP contribution in [0.3, 0.4) is 0 Å². The van der Waals surface area contributed by atoms with E-state index in [0.717, 1.165) is 11.6 Å². The van der Waals surface area contributed by atoms with Crippen molar-refractivity contribution in [3.63, 3.8) is 0 Å². The quantitative estimate of drug-likeness (QED) is 0.684. The molecule has 0 bridgehead atoms. The summed E-state index contributed by atoms with van der Waals surface area (Å²) >= 11 is 0. The highest BCUT2D eigenvalue weighted by atomic mass is 19.4. The molecule has 124 valence electrons. The van der Waals surface area contributed by atoms with Gasteiger partial charge in [0.25, 0.3) is 0 Å². The van der Waals surface area contributed by atoms with Crippen LogP contribution >= 0.6 is 0 Å². The van der Waals surface area contributed by atoms with Crippen molar-refractivity contribution >= 4 is 10.9 Å². The lowest BCUT2D eigenvalue weighted by Gasteiger charge is -2.13. The number of aromatic nitrogens is 1. The Bertz CT molecular complexity index is 848. The third kappa shape index (κ3) is 3.27. The van der Waals surface area contributed by atoms with E-state index in [-0.39, 0.29) is 12.1 Å². The van der Waals surface area contributed by atoms with Crippen LogP contribution in [0.2, 0.25) is 0 Å². The maximum atomic E-state index is 12.9. The van der Waals surface area contributed by atoms with Crippen molar-refractivity contribution in [2.24, 2.45) is 0 Å². The molecule has 6 heteroatoms. The maximum Gasteiger partial charge on any atom is 0.433 e. The molecular weight excluding hydrogens is 319 g/mol. The second-order valence-electron chi connectivity index (χ2n) is 5.12. The molecule has 1 aromatic heterocycles. The van der Waals surface area contributed by atoms with Gasteiger partial charge < -0.3 is 9.47 Å². The molecule has 3 aromatic rings. The fraction of sp³-hybridized carbons (Fsp3) is 0.167.